The summed E-state index contributed by atoms with van der Waals surface area (Å²) in [5.41, 5.74) is 0.482. The molecular formula is C16H23NO2S. The molecule has 0 aliphatic rings. The van der Waals surface area contributed by atoms with Gasteiger partial charge in [0.15, 0.2) is 0 Å². The predicted octanol–water partition coefficient (Wildman–Crippen LogP) is 3.57. The molecule has 0 fully saturated rings. The Balaban J connectivity index is 3.10. The van der Waals surface area contributed by atoms with Crippen molar-refractivity contribution in [2.75, 3.05) is 0 Å². The maximum Gasteiger partial charge on any atom is 0.241 e. The molecule has 0 aliphatic heterocycles. The second kappa shape index (κ2) is 6.86. The van der Waals surface area contributed by atoms with Gasteiger partial charge >= 0.3 is 0 Å². The summed E-state index contributed by atoms with van der Waals surface area (Å²) in [7, 11) is -3.54. The van der Waals surface area contributed by atoms with E-state index in [1.807, 2.05) is 13.8 Å². The SMILES string of the molecule is C=CCC(CC)(CC=C)NS(=O)(=O)c1ccc(C)cc1. The molecule has 0 bridgehead atoms. The van der Waals surface area contributed by atoms with Gasteiger partial charge < -0.3 is 0 Å². The lowest BCUT2D eigenvalue weighted by molar-refractivity contribution is 0.373. The van der Waals surface area contributed by atoms with E-state index in [9.17, 15) is 8.42 Å². The maximum atomic E-state index is 12.5. The van der Waals surface area contributed by atoms with Gasteiger partial charge in [0.05, 0.1) is 4.90 Å². The Morgan fingerprint density at radius 1 is 1.15 bits per heavy atom. The summed E-state index contributed by atoms with van der Waals surface area (Å²) in [5.74, 6) is 0. The molecule has 0 saturated carbocycles. The quantitative estimate of drug-likeness (QED) is 0.745. The van der Waals surface area contributed by atoms with Crippen LogP contribution in [0.15, 0.2) is 54.5 Å². The van der Waals surface area contributed by atoms with Crippen LogP contribution in [0.5, 0.6) is 0 Å². The van der Waals surface area contributed by atoms with Gasteiger partial charge in [0.1, 0.15) is 0 Å². The lowest BCUT2D eigenvalue weighted by Crippen LogP contribution is -2.47. The first-order chi connectivity index (χ1) is 9.39. The lowest BCUT2D eigenvalue weighted by atomic mass is 9.90. The van der Waals surface area contributed by atoms with E-state index in [2.05, 4.69) is 17.9 Å². The number of hydrogen-bond acceptors (Lipinski definition) is 2. The molecule has 1 rings (SSSR count). The van der Waals surface area contributed by atoms with E-state index in [4.69, 9.17) is 0 Å². The van der Waals surface area contributed by atoms with Gasteiger partial charge in [-0.15, -0.1) is 13.2 Å². The molecule has 0 aromatic heterocycles. The number of hydrogen-bond donors (Lipinski definition) is 1. The highest BCUT2D eigenvalue weighted by molar-refractivity contribution is 7.89. The van der Waals surface area contributed by atoms with Crippen molar-refractivity contribution in [3.8, 4) is 0 Å². The zero-order chi connectivity index (χ0) is 15.2. The molecule has 4 heteroatoms. The molecule has 0 unspecified atom stereocenters. The third-order valence-electron chi connectivity index (χ3n) is 3.43. The Kier molecular flexibility index (Phi) is 5.72. The van der Waals surface area contributed by atoms with Gasteiger partial charge in [-0.05, 0) is 38.3 Å². The van der Waals surface area contributed by atoms with Gasteiger partial charge in [-0.25, -0.2) is 13.1 Å². The Bertz CT molecular complexity index is 549. The third kappa shape index (κ3) is 4.05. The fraction of sp³-hybridized carbons (Fsp3) is 0.375. The zero-order valence-electron chi connectivity index (χ0n) is 12.2. The minimum absolute atomic E-state index is 0.286. The van der Waals surface area contributed by atoms with Crippen LogP contribution in [0.2, 0.25) is 0 Å². The number of sulfonamides is 1. The third-order valence-corrected chi connectivity index (χ3v) is 5.02. The monoisotopic (exact) mass is 293 g/mol. The molecule has 0 spiro atoms. The molecule has 1 aromatic rings. The van der Waals surface area contributed by atoms with E-state index in [1.54, 1.807) is 36.4 Å². The van der Waals surface area contributed by atoms with Crippen LogP contribution < -0.4 is 4.72 Å². The summed E-state index contributed by atoms with van der Waals surface area (Å²) in [4.78, 5) is 0.286. The second-order valence-electron chi connectivity index (χ2n) is 5.04. The summed E-state index contributed by atoms with van der Waals surface area (Å²) in [5, 5.41) is 0. The fourth-order valence-electron chi connectivity index (χ4n) is 2.14. The highest BCUT2D eigenvalue weighted by Gasteiger charge is 2.31. The lowest BCUT2D eigenvalue weighted by Gasteiger charge is -2.31. The average Bonchev–Trinajstić information content (AvgIpc) is 2.39. The van der Waals surface area contributed by atoms with E-state index >= 15 is 0 Å². The molecule has 0 saturated heterocycles. The van der Waals surface area contributed by atoms with Crippen LogP contribution in [0.4, 0.5) is 0 Å². The summed E-state index contributed by atoms with van der Waals surface area (Å²) >= 11 is 0. The van der Waals surface area contributed by atoms with Gasteiger partial charge in [-0.1, -0.05) is 36.8 Å². The first-order valence-corrected chi connectivity index (χ1v) is 8.20. The number of aryl methyl sites for hydroxylation is 1. The fourth-order valence-corrected chi connectivity index (χ4v) is 3.63. The maximum absolute atomic E-state index is 12.5. The summed E-state index contributed by atoms with van der Waals surface area (Å²) in [6.45, 7) is 11.3. The Hall–Kier alpha value is -1.39. The first kappa shape index (κ1) is 16.7. The van der Waals surface area contributed by atoms with Crippen molar-refractivity contribution in [1.29, 1.82) is 0 Å². The normalized spacial score (nSPS) is 12.1. The van der Waals surface area contributed by atoms with Crippen molar-refractivity contribution in [1.82, 2.24) is 4.72 Å². The van der Waals surface area contributed by atoms with Crippen LogP contribution in [0.1, 0.15) is 31.7 Å². The highest BCUT2D eigenvalue weighted by Crippen LogP contribution is 2.24. The molecular weight excluding hydrogens is 270 g/mol. The Labute approximate surface area is 122 Å². The van der Waals surface area contributed by atoms with Gasteiger partial charge in [0.25, 0.3) is 0 Å². The van der Waals surface area contributed by atoms with Gasteiger partial charge in [0.2, 0.25) is 10.0 Å². The molecule has 1 aromatic carbocycles. The molecule has 0 amide bonds. The van der Waals surface area contributed by atoms with Crippen LogP contribution in [-0.4, -0.2) is 14.0 Å². The van der Waals surface area contributed by atoms with E-state index < -0.39 is 15.6 Å². The van der Waals surface area contributed by atoms with E-state index in [0.29, 0.717) is 19.3 Å². The summed E-state index contributed by atoms with van der Waals surface area (Å²) in [6.07, 6.45) is 5.30. The number of benzene rings is 1. The van der Waals surface area contributed by atoms with Crippen molar-refractivity contribution in [2.45, 2.75) is 43.5 Å². The molecule has 0 aliphatic carbocycles. The van der Waals surface area contributed by atoms with Crippen LogP contribution in [0.3, 0.4) is 0 Å². The van der Waals surface area contributed by atoms with Crippen molar-refractivity contribution in [3.63, 3.8) is 0 Å². The number of nitrogens with one attached hydrogen (secondary N) is 1. The average molecular weight is 293 g/mol. The van der Waals surface area contributed by atoms with Crippen molar-refractivity contribution < 1.29 is 8.42 Å². The van der Waals surface area contributed by atoms with Crippen molar-refractivity contribution >= 4 is 10.0 Å². The van der Waals surface area contributed by atoms with Crippen molar-refractivity contribution in [3.05, 3.63) is 55.1 Å². The van der Waals surface area contributed by atoms with Gasteiger partial charge in [-0.3, -0.25) is 0 Å². The molecule has 20 heavy (non-hydrogen) atoms. The summed E-state index contributed by atoms with van der Waals surface area (Å²) < 4.78 is 27.8. The van der Waals surface area contributed by atoms with Crippen molar-refractivity contribution in [2.24, 2.45) is 0 Å². The number of rotatable bonds is 8. The largest absolute Gasteiger partial charge is 0.241 e. The molecule has 1 N–H and O–H groups in total. The minimum Gasteiger partial charge on any atom is -0.207 e. The molecule has 110 valence electrons. The molecule has 0 atom stereocenters. The first-order valence-electron chi connectivity index (χ1n) is 6.71. The van der Waals surface area contributed by atoms with Gasteiger partial charge in [0, 0.05) is 5.54 Å². The Morgan fingerprint density at radius 3 is 2.05 bits per heavy atom. The van der Waals surface area contributed by atoms with Crippen LogP contribution in [0.25, 0.3) is 0 Å². The van der Waals surface area contributed by atoms with Crippen LogP contribution >= 0.6 is 0 Å². The topological polar surface area (TPSA) is 46.2 Å². The van der Waals surface area contributed by atoms with E-state index in [0.717, 1.165) is 5.56 Å². The molecule has 3 nitrogen and oxygen atoms in total. The summed E-state index contributed by atoms with van der Waals surface area (Å²) in [6, 6.07) is 6.84. The second-order valence-corrected chi connectivity index (χ2v) is 6.72. The van der Waals surface area contributed by atoms with E-state index in [1.165, 1.54) is 0 Å². The standard InChI is InChI=1S/C16H23NO2S/c1-5-12-16(7-3,13-6-2)17-20(18,19)15-10-8-14(4)9-11-15/h5-6,8-11,17H,1-2,7,12-13H2,3-4H3. The highest BCUT2D eigenvalue weighted by atomic mass is 32.2. The Morgan fingerprint density at radius 2 is 1.65 bits per heavy atom. The van der Waals surface area contributed by atoms with E-state index in [-0.39, 0.29) is 4.90 Å². The molecule has 0 radical (unpaired) electrons. The predicted molar refractivity (Wildman–Crippen MR) is 84.2 cm³/mol. The molecule has 0 heterocycles. The van der Waals surface area contributed by atoms with Crippen LogP contribution in [0, 0.1) is 6.92 Å². The van der Waals surface area contributed by atoms with Gasteiger partial charge in [-0.2, -0.15) is 0 Å². The minimum atomic E-state index is -3.54. The smallest absolute Gasteiger partial charge is 0.207 e. The zero-order valence-corrected chi connectivity index (χ0v) is 13.0. The van der Waals surface area contributed by atoms with Crippen LogP contribution in [-0.2, 0) is 10.0 Å².